The number of nitrogens with one attached hydrogen (secondary N) is 1. The number of benzene rings is 1. The molecule has 1 aromatic carbocycles. The third kappa shape index (κ3) is 5.70. The minimum absolute atomic E-state index is 0.0000901. The van der Waals surface area contributed by atoms with E-state index in [1.807, 2.05) is 18.2 Å². The highest BCUT2D eigenvalue weighted by Crippen LogP contribution is 2.45. The fourth-order valence-electron chi connectivity index (χ4n) is 4.79. The summed E-state index contributed by atoms with van der Waals surface area (Å²) in [5.41, 5.74) is 4.34. The quantitative estimate of drug-likeness (QED) is 0.239. The van der Waals surface area contributed by atoms with Gasteiger partial charge >= 0.3 is 5.97 Å². The van der Waals surface area contributed by atoms with Gasteiger partial charge in [0.1, 0.15) is 5.76 Å². The molecule has 5 rings (SSSR count). The molecule has 1 amide bonds. The summed E-state index contributed by atoms with van der Waals surface area (Å²) in [6, 6.07) is 10.0. The summed E-state index contributed by atoms with van der Waals surface area (Å²) in [5.74, 6) is 0.165. The van der Waals surface area contributed by atoms with E-state index in [2.05, 4.69) is 17.4 Å². The van der Waals surface area contributed by atoms with E-state index in [1.54, 1.807) is 7.05 Å². The van der Waals surface area contributed by atoms with E-state index < -0.39 is 16.9 Å². The Labute approximate surface area is 217 Å². The number of aliphatic carboxylic acids is 1. The van der Waals surface area contributed by atoms with E-state index in [0.717, 1.165) is 24.0 Å². The van der Waals surface area contributed by atoms with Crippen molar-refractivity contribution in [3.05, 3.63) is 52.7 Å². The molecule has 2 fully saturated rings. The molecule has 2 saturated carbocycles. The Bertz CT molecular complexity index is 1400. The van der Waals surface area contributed by atoms with Crippen LogP contribution in [0.15, 0.2) is 34.7 Å². The molecule has 9 nitrogen and oxygen atoms in total. The summed E-state index contributed by atoms with van der Waals surface area (Å²) in [5, 5.41) is 12.2. The van der Waals surface area contributed by atoms with Crippen LogP contribution >= 0.6 is 0 Å². The Morgan fingerprint density at radius 2 is 1.81 bits per heavy atom. The van der Waals surface area contributed by atoms with Crippen molar-refractivity contribution in [3.63, 3.8) is 0 Å². The average Bonchev–Trinajstić information content (AvgIpc) is 3.81. The van der Waals surface area contributed by atoms with Gasteiger partial charge in [0.2, 0.25) is 16.6 Å². The fraction of sp³-hybridized carbons (Fsp3) is 0.444. The lowest BCUT2D eigenvalue weighted by molar-refractivity contribution is -0.137. The Balaban J connectivity index is 1.51. The van der Waals surface area contributed by atoms with Crippen LogP contribution in [0.4, 0.5) is 0 Å². The number of rotatable bonds is 12. The second-order valence-corrected chi connectivity index (χ2v) is 11.0. The molecule has 3 aromatic rings. The van der Waals surface area contributed by atoms with Gasteiger partial charge in [0, 0.05) is 25.6 Å². The number of unbranched alkanes of at least 4 members (excludes halogenated alkanes) is 1. The maximum Gasteiger partial charge on any atom is 0.303 e. The molecular formula is C27H31N3O6S. The van der Waals surface area contributed by atoms with E-state index in [1.165, 1.54) is 22.7 Å². The van der Waals surface area contributed by atoms with Crippen molar-refractivity contribution in [1.29, 1.82) is 0 Å². The number of carbonyl (C=O) groups is 2. The first-order valence-electron chi connectivity index (χ1n) is 12.8. The molecule has 0 unspecified atom stereocenters. The van der Waals surface area contributed by atoms with Crippen molar-refractivity contribution in [2.45, 2.75) is 63.3 Å². The number of hydrogen-bond donors (Lipinski definition) is 3. The molecule has 2 aliphatic rings. The SMILES string of the molecule is CNC(=O)c1c(-c2ccc(C3CC3)cc2)oc2nc(CN(CCCCC(=O)O)[SH](=O)=O)c(C3CC3)cc12. The molecule has 196 valence electrons. The van der Waals surface area contributed by atoms with Crippen LogP contribution in [-0.2, 0) is 22.2 Å². The van der Waals surface area contributed by atoms with Crippen molar-refractivity contribution in [2.75, 3.05) is 13.6 Å². The first kappa shape index (κ1) is 25.4. The summed E-state index contributed by atoms with van der Waals surface area (Å²) < 4.78 is 31.5. The molecule has 0 spiro atoms. The van der Waals surface area contributed by atoms with Gasteiger partial charge in [-0.05, 0) is 67.6 Å². The summed E-state index contributed by atoms with van der Waals surface area (Å²) in [7, 11) is -1.30. The third-order valence-corrected chi connectivity index (χ3v) is 7.91. The number of carboxylic acids is 1. The van der Waals surface area contributed by atoms with Gasteiger partial charge in [0.05, 0.1) is 23.2 Å². The van der Waals surface area contributed by atoms with Gasteiger partial charge in [-0.25, -0.2) is 13.4 Å². The van der Waals surface area contributed by atoms with E-state index >= 15 is 0 Å². The van der Waals surface area contributed by atoms with Gasteiger partial charge in [-0.15, -0.1) is 0 Å². The van der Waals surface area contributed by atoms with Crippen LogP contribution in [-0.4, -0.2) is 48.3 Å². The highest BCUT2D eigenvalue weighted by atomic mass is 32.2. The molecule has 10 heteroatoms. The van der Waals surface area contributed by atoms with Gasteiger partial charge in [-0.2, -0.15) is 4.31 Å². The number of pyridine rings is 1. The Hall–Kier alpha value is -3.24. The number of carbonyl (C=O) groups excluding carboxylic acids is 1. The number of nitrogens with zero attached hydrogens (tertiary/aromatic N) is 2. The molecule has 2 heterocycles. The molecular weight excluding hydrogens is 494 g/mol. The van der Waals surface area contributed by atoms with Crippen LogP contribution in [0.3, 0.4) is 0 Å². The number of thiol groups is 1. The van der Waals surface area contributed by atoms with Crippen molar-refractivity contribution in [2.24, 2.45) is 0 Å². The standard InChI is InChI=1S/C27H31N3O6S/c1-28-26(33)24-21-14-20(18-9-10-18)22(15-30(37(34)35)13-3-2-4-23(31)32)29-27(21)36-25(24)19-11-7-17(8-12-19)16-5-6-16/h7-8,11-12,14,16,18,37H,2-6,9-10,13,15H2,1H3,(H,28,33)(H,31,32). The number of carboxylic acid groups (broad SMARTS) is 1. The average molecular weight is 526 g/mol. The zero-order chi connectivity index (χ0) is 26.1. The third-order valence-electron chi connectivity index (χ3n) is 7.11. The predicted octanol–water partition coefficient (Wildman–Crippen LogP) is 4.19. The zero-order valence-corrected chi connectivity index (χ0v) is 21.6. The molecule has 2 aliphatic carbocycles. The maximum atomic E-state index is 13.0. The molecule has 0 saturated heterocycles. The summed E-state index contributed by atoms with van der Waals surface area (Å²) in [6.45, 7) is 0.297. The van der Waals surface area contributed by atoms with Crippen molar-refractivity contribution < 1.29 is 27.5 Å². The van der Waals surface area contributed by atoms with Gasteiger partial charge in [-0.3, -0.25) is 9.59 Å². The molecule has 37 heavy (non-hydrogen) atoms. The Morgan fingerprint density at radius 1 is 1.11 bits per heavy atom. The number of aromatic nitrogens is 1. The lowest BCUT2D eigenvalue weighted by atomic mass is 10.0. The Kier molecular flexibility index (Phi) is 7.30. The minimum atomic E-state index is -2.88. The highest BCUT2D eigenvalue weighted by molar-refractivity contribution is 7.69. The molecule has 0 radical (unpaired) electrons. The van der Waals surface area contributed by atoms with E-state index in [4.69, 9.17) is 14.5 Å². The second kappa shape index (κ2) is 10.6. The van der Waals surface area contributed by atoms with Gasteiger partial charge in [-0.1, -0.05) is 24.3 Å². The normalized spacial score (nSPS) is 15.5. The molecule has 0 atom stereocenters. The van der Waals surface area contributed by atoms with Crippen LogP contribution in [0.25, 0.3) is 22.4 Å². The Morgan fingerprint density at radius 3 is 2.41 bits per heavy atom. The van der Waals surface area contributed by atoms with Crippen molar-refractivity contribution in [3.8, 4) is 11.3 Å². The van der Waals surface area contributed by atoms with Crippen LogP contribution in [0.5, 0.6) is 0 Å². The second-order valence-electron chi connectivity index (χ2n) is 9.91. The molecule has 0 bridgehead atoms. The maximum absolute atomic E-state index is 13.0. The summed E-state index contributed by atoms with van der Waals surface area (Å²) in [4.78, 5) is 28.5. The van der Waals surface area contributed by atoms with E-state index in [0.29, 0.717) is 46.9 Å². The van der Waals surface area contributed by atoms with Crippen LogP contribution in [0.1, 0.15) is 84.0 Å². The number of amides is 1. The van der Waals surface area contributed by atoms with E-state index in [9.17, 15) is 18.0 Å². The topological polar surface area (TPSA) is 130 Å². The first-order chi connectivity index (χ1) is 17.9. The number of hydrogen-bond acceptors (Lipinski definition) is 6. The predicted molar refractivity (Wildman–Crippen MR) is 139 cm³/mol. The smallest absolute Gasteiger partial charge is 0.303 e. The lowest BCUT2D eigenvalue weighted by Crippen LogP contribution is -2.24. The van der Waals surface area contributed by atoms with E-state index in [-0.39, 0.29) is 31.3 Å². The highest BCUT2D eigenvalue weighted by Gasteiger charge is 2.31. The first-order valence-corrected chi connectivity index (χ1v) is 13.9. The largest absolute Gasteiger partial charge is 0.481 e. The summed E-state index contributed by atoms with van der Waals surface area (Å²) in [6.07, 6.45) is 5.20. The molecule has 2 N–H and O–H groups in total. The van der Waals surface area contributed by atoms with Gasteiger partial charge in [0.15, 0.2) is 0 Å². The zero-order valence-electron chi connectivity index (χ0n) is 20.7. The van der Waals surface area contributed by atoms with Gasteiger partial charge in [0.25, 0.3) is 5.91 Å². The van der Waals surface area contributed by atoms with Crippen molar-refractivity contribution >= 4 is 33.9 Å². The number of fused-ring (bicyclic) bond motifs is 1. The van der Waals surface area contributed by atoms with Crippen LogP contribution < -0.4 is 5.32 Å². The molecule has 2 aromatic heterocycles. The summed E-state index contributed by atoms with van der Waals surface area (Å²) >= 11 is 0. The number of furan rings is 1. The van der Waals surface area contributed by atoms with Crippen LogP contribution in [0, 0.1) is 0 Å². The van der Waals surface area contributed by atoms with Crippen molar-refractivity contribution in [1.82, 2.24) is 14.6 Å². The minimum Gasteiger partial charge on any atom is -0.481 e. The monoisotopic (exact) mass is 525 g/mol. The van der Waals surface area contributed by atoms with Crippen LogP contribution in [0.2, 0.25) is 0 Å². The molecule has 0 aliphatic heterocycles. The van der Waals surface area contributed by atoms with Gasteiger partial charge < -0.3 is 14.8 Å². The fourth-order valence-corrected chi connectivity index (χ4v) is 5.34. The lowest BCUT2D eigenvalue weighted by Gasteiger charge is -2.17.